The summed E-state index contributed by atoms with van der Waals surface area (Å²) < 4.78 is 10.4. The first-order chi connectivity index (χ1) is 14.5. The third kappa shape index (κ3) is 4.86. The van der Waals surface area contributed by atoms with Crippen molar-refractivity contribution in [2.24, 2.45) is 0 Å². The van der Waals surface area contributed by atoms with E-state index in [0.29, 0.717) is 22.6 Å². The van der Waals surface area contributed by atoms with Crippen molar-refractivity contribution in [1.29, 1.82) is 0 Å². The highest BCUT2D eigenvalue weighted by molar-refractivity contribution is 6.08. The zero-order chi connectivity index (χ0) is 21.5. The van der Waals surface area contributed by atoms with E-state index >= 15 is 0 Å². The molecule has 0 heterocycles. The van der Waals surface area contributed by atoms with E-state index in [1.165, 1.54) is 26.4 Å². The van der Waals surface area contributed by atoms with Crippen LogP contribution in [-0.4, -0.2) is 31.2 Å². The van der Waals surface area contributed by atoms with Crippen LogP contribution >= 0.6 is 0 Å². The van der Waals surface area contributed by atoms with Crippen LogP contribution in [0.25, 0.3) is 12.2 Å². The minimum absolute atomic E-state index is 0.000890. The average Bonchev–Trinajstić information content (AvgIpc) is 2.78. The van der Waals surface area contributed by atoms with E-state index in [2.05, 4.69) is 5.32 Å². The number of hydrogen-bond acceptors (Lipinski definition) is 4. The molecule has 0 aliphatic carbocycles. The fourth-order valence-corrected chi connectivity index (χ4v) is 2.88. The fourth-order valence-electron chi connectivity index (χ4n) is 2.88. The summed E-state index contributed by atoms with van der Waals surface area (Å²) in [4.78, 5) is 24.4. The molecular weight excluding hydrogens is 382 g/mol. The van der Waals surface area contributed by atoms with Crippen LogP contribution in [0.2, 0.25) is 0 Å². The van der Waals surface area contributed by atoms with Gasteiger partial charge in [-0.1, -0.05) is 48.6 Å². The third-order valence-electron chi connectivity index (χ3n) is 4.44. The summed E-state index contributed by atoms with van der Waals surface area (Å²) in [5, 5.41) is 12.3. The van der Waals surface area contributed by atoms with Gasteiger partial charge >= 0.3 is 5.97 Å². The Morgan fingerprint density at radius 3 is 2.20 bits per heavy atom. The summed E-state index contributed by atoms with van der Waals surface area (Å²) in [6.45, 7) is 0. The predicted molar refractivity (Wildman–Crippen MR) is 116 cm³/mol. The Balaban J connectivity index is 1.84. The molecule has 0 spiro atoms. The third-order valence-corrected chi connectivity index (χ3v) is 4.44. The fraction of sp³-hybridized carbons (Fsp3) is 0.0833. The van der Waals surface area contributed by atoms with Gasteiger partial charge in [-0.2, -0.15) is 0 Å². The van der Waals surface area contributed by atoms with E-state index in [1.807, 2.05) is 42.5 Å². The van der Waals surface area contributed by atoms with Crippen LogP contribution in [0.3, 0.4) is 0 Å². The Morgan fingerprint density at radius 1 is 0.833 bits per heavy atom. The standard InChI is InChI=1S/C24H21NO5/c1-29-21-13-11-18(15-22(21)30-2)23(26)25-20-12-10-17(14-19(20)24(27)28)9-8-16-6-4-3-5-7-16/h3-15H,1-2H3,(H,25,26)(H,27,28)/b9-8+. The van der Waals surface area contributed by atoms with Gasteiger partial charge in [-0.15, -0.1) is 0 Å². The van der Waals surface area contributed by atoms with Gasteiger partial charge in [-0.3, -0.25) is 4.79 Å². The lowest BCUT2D eigenvalue weighted by atomic mass is 10.1. The van der Waals surface area contributed by atoms with Crippen molar-refractivity contribution in [3.05, 3.63) is 89.0 Å². The van der Waals surface area contributed by atoms with Crippen molar-refractivity contribution in [2.75, 3.05) is 19.5 Å². The minimum atomic E-state index is -1.13. The first-order valence-corrected chi connectivity index (χ1v) is 9.15. The monoisotopic (exact) mass is 403 g/mol. The quantitative estimate of drug-likeness (QED) is 0.552. The number of carboxylic acids is 1. The first-order valence-electron chi connectivity index (χ1n) is 9.15. The molecule has 0 unspecified atom stereocenters. The van der Waals surface area contributed by atoms with Crippen molar-refractivity contribution < 1.29 is 24.2 Å². The van der Waals surface area contributed by atoms with Crippen LogP contribution < -0.4 is 14.8 Å². The predicted octanol–water partition coefficient (Wildman–Crippen LogP) is 4.82. The molecule has 3 aromatic rings. The summed E-state index contributed by atoms with van der Waals surface area (Å²) >= 11 is 0. The second-order valence-corrected chi connectivity index (χ2v) is 6.38. The molecule has 152 valence electrons. The van der Waals surface area contributed by atoms with Gasteiger partial charge in [0.25, 0.3) is 5.91 Å². The number of amides is 1. The molecule has 2 N–H and O–H groups in total. The number of benzene rings is 3. The lowest BCUT2D eigenvalue weighted by Crippen LogP contribution is -2.15. The Morgan fingerprint density at radius 2 is 1.53 bits per heavy atom. The van der Waals surface area contributed by atoms with Crippen LogP contribution in [0.1, 0.15) is 31.8 Å². The zero-order valence-corrected chi connectivity index (χ0v) is 16.6. The topological polar surface area (TPSA) is 84.9 Å². The maximum atomic E-state index is 12.6. The summed E-state index contributed by atoms with van der Waals surface area (Å²) in [5.74, 6) is -0.682. The molecule has 1 amide bonds. The maximum Gasteiger partial charge on any atom is 0.337 e. The van der Waals surface area contributed by atoms with E-state index in [0.717, 1.165) is 5.56 Å². The number of methoxy groups -OCH3 is 2. The number of anilines is 1. The average molecular weight is 403 g/mol. The van der Waals surface area contributed by atoms with Crippen molar-refractivity contribution in [3.8, 4) is 11.5 Å². The Hall–Kier alpha value is -4.06. The van der Waals surface area contributed by atoms with Crippen molar-refractivity contribution in [2.45, 2.75) is 0 Å². The molecule has 3 rings (SSSR count). The summed E-state index contributed by atoms with van der Waals surface area (Å²) in [6, 6.07) is 19.2. The second kappa shape index (κ2) is 9.43. The zero-order valence-electron chi connectivity index (χ0n) is 16.6. The lowest BCUT2D eigenvalue weighted by Gasteiger charge is -2.12. The van der Waals surface area contributed by atoms with Gasteiger partial charge in [0.2, 0.25) is 0 Å². The Bertz CT molecular complexity index is 1090. The molecular formula is C24H21NO5. The van der Waals surface area contributed by atoms with Crippen LogP contribution in [0, 0.1) is 0 Å². The highest BCUT2D eigenvalue weighted by atomic mass is 16.5. The van der Waals surface area contributed by atoms with Gasteiger partial charge in [-0.05, 0) is 41.5 Å². The molecule has 0 aliphatic heterocycles. The van der Waals surface area contributed by atoms with Crippen LogP contribution in [-0.2, 0) is 0 Å². The van der Waals surface area contributed by atoms with E-state index < -0.39 is 11.9 Å². The van der Waals surface area contributed by atoms with Gasteiger partial charge in [0.05, 0.1) is 25.5 Å². The molecule has 0 aliphatic rings. The van der Waals surface area contributed by atoms with Crippen LogP contribution in [0.5, 0.6) is 11.5 Å². The minimum Gasteiger partial charge on any atom is -0.493 e. The van der Waals surface area contributed by atoms with Crippen molar-refractivity contribution >= 4 is 29.7 Å². The number of carbonyl (C=O) groups excluding carboxylic acids is 1. The number of carbonyl (C=O) groups is 2. The molecule has 0 saturated carbocycles. The number of ether oxygens (including phenoxy) is 2. The second-order valence-electron chi connectivity index (χ2n) is 6.38. The van der Waals surface area contributed by atoms with Gasteiger partial charge < -0.3 is 19.9 Å². The summed E-state index contributed by atoms with van der Waals surface area (Å²) in [6.07, 6.45) is 3.71. The van der Waals surface area contributed by atoms with Crippen LogP contribution in [0.4, 0.5) is 5.69 Å². The van der Waals surface area contributed by atoms with Gasteiger partial charge in [0, 0.05) is 5.56 Å². The smallest absolute Gasteiger partial charge is 0.337 e. The summed E-state index contributed by atoms with van der Waals surface area (Å²) in [5.41, 5.74) is 2.23. The molecule has 30 heavy (non-hydrogen) atoms. The first kappa shape index (κ1) is 20.7. The Labute approximate surface area is 174 Å². The van der Waals surface area contributed by atoms with E-state index in [9.17, 15) is 14.7 Å². The SMILES string of the molecule is COc1ccc(C(=O)Nc2ccc(/C=C/c3ccccc3)cc2C(=O)O)cc1OC. The number of rotatable bonds is 7. The number of aromatic carboxylic acids is 1. The lowest BCUT2D eigenvalue weighted by molar-refractivity contribution is 0.0698. The molecule has 0 fully saturated rings. The van der Waals surface area contributed by atoms with Gasteiger partial charge in [0.15, 0.2) is 11.5 Å². The highest BCUT2D eigenvalue weighted by Crippen LogP contribution is 2.28. The van der Waals surface area contributed by atoms with Crippen LogP contribution in [0.15, 0.2) is 66.7 Å². The van der Waals surface area contributed by atoms with Crippen molar-refractivity contribution in [3.63, 3.8) is 0 Å². The van der Waals surface area contributed by atoms with E-state index in [1.54, 1.807) is 24.3 Å². The molecule has 0 radical (unpaired) electrons. The number of nitrogens with one attached hydrogen (secondary N) is 1. The molecule has 0 bridgehead atoms. The maximum absolute atomic E-state index is 12.6. The molecule has 0 atom stereocenters. The van der Waals surface area contributed by atoms with Crippen molar-refractivity contribution in [1.82, 2.24) is 0 Å². The molecule has 0 saturated heterocycles. The normalized spacial score (nSPS) is 10.6. The van der Waals surface area contributed by atoms with Gasteiger partial charge in [-0.25, -0.2) is 4.79 Å². The Kier molecular flexibility index (Phi) is 6.49. The molecule has 6 nitrogen and oxygen atoms in total. The highest BCUT2D eigenvalue weighted by Gasteiger charge is 2.16. The number of hydrogen-bond donors (Lipinski definition) is 2. The number of carboxylic acid groups (broad SMARTS) is 1. The molecule has 3 aromatic carbocycles. The van der Waals surface area contributed by atoms with E-state index in [4.69, 9.17) is 9.47 Å². The largest absolute Gasteiger partial charge is 0.493 e. The molecule has 6 heteroatoms. The summed E-state index contributed by atoms with van der Waals surface area (Å²) in [7, 11) is 2.98. The van der Waals surface area contributed by atoms with E-state index in [-0.39, 0.29) is 11.3 Å². The molecule has 0 aromatic heterocycles. The van der Waals surface area contributed by atoms with Gasteiger partial charge in [0.1, 0.15) is 0 Å².